The van der Waals surface area contributed by atoms with Gasteiger partial charge in [0.25, 0.3) is 0 Å². The Morgan fingerprint density at radius 1 is 1.16 bits per heavy atom. The summed E-state index contributed by atoms with van der Waals surface area (Å²) >= 11 is 0. The first kappa shape index (κ1) is 16.0. The molecular formula is C15H25NO3. The van der Waals surface area contributed by atoms with Crippen molar-refractivity contribution in [1.82, 2.24) is 4.90 Å². The summed E-state index contributed by atoms with van der Waals surface area (Å²) in [5, 5.41) is 10.1. The van der Waals surface area contributed by atoms with Crippen LogP contribution in [-0.4, -0.2) is 50.5 Å². The van der Waals surface area contributed by atoms with Crippen molar-refractivity contribution in [3.05, 3.63) is 29.3 Å². The molecule has 0 aliphatic rings. The van der Waals surface area contributed by atoms with Crippen molar-refractivity contribution in [2.75, 3.05) is 40.5 Å². The lowest BCUT2D eigenvalue weighted by atomic mass is 10.0. The van der Waals surface area contributed by atoms with Crippen LogP contribution < -0.4 is 0 Å². The molecule has 0 radical (unpaired) electrons. The Kier molecular flexibility index (Phi) is 6.84. The van der Waals surface area contributed by atoms with Crippen LogP contribution in [0.25, 0.3) is 0 Å². The fourth-order valence-corrected chi connectivity index (χ4v) is 2.12. The number of aromatic hydroxyl groups is 1. The molecule has 0 aromatic heterocycles. The smallest absolute Gasteiger partial charge is 0.120 e. The van der Waals surface area contributed by atoms with E-state index in [0.717, 1.165) is 24.2 Å². The van der Waals surface area contributed by atoms with Gasteiger partial charge in [-0.25, -0.2) is 0 Å². The zero-order chi connectivity index (χ0) is 14.3. The van der Waals surface area contributed by atoms with Gasteiger partial charge in [-0.15, -0.1) is 0 Å². The van der Waals surface area contributed by atoms with E-state index in [0.29, 0.717) is 19.0 Å². The molecule has 1 rings (SSSR count). The number of phenolic OH excluding ortho intramolecular Hbond substituents is 1. The molecule has 0 heterocycles. The fourth-order valence-electron chi connectivity index (χ4n) is 2.12. The first-order chi connectivity index (χ1) is 9.10. The number of phenols is 1. The minimum Gasteiger partial charge on any atom is -0.508 e. The molecule has 108 valence electrons. The van der Waals surface area contributed by atoms with E-state index in [4.69, 9.17) is 9.47 Å². The second-order valence-electron chi connectivity index (χ2n) is 4.76. The standard InChI is InChI=1S/C15H25NO3/c1-12-5-6-14(15(17)11-12)13(2)16(7-9-18-3)8-10-19-4/h5-6,11,13,17H,7-10H2,1-4H3. The molecule has 4 heteroatoms. The largest absolute Gasteiger partial charge is 0.508 e. The average molecular weight is 267 g/mol. The highest BCUT2D eigenvalue weighted by atomic mass is 16.5. The predicted octanol–water partition coefficient (Wildman–Crippen LogP) is 2.36. The Hall–Kier alpha value is -1.10. The number of methoxy groups -OCH3 is 2. The number of rotatable bonds is 8. The molecule has 0 aliphatic carbocycles. The van der Waals surface area contributed by atoms with Gasteiger partial charge in [0.2, 0.25) is 0 Å². The molecule has 0 spiro atoms. The van der Waals surface area contributed by atoms with Crippen LogP contribution in [0.4, 0.5) is 0 Å². The molecule has 0 saturated heterocycles. The van der Waals surface area contributed by atoms with Crippen LogP contribution in [0, 0.1) is 6.92 Å². The molecule has 0 aliphatic heterocycles. The van der Waals surface area contributed by atoms with Gasteiger partial charge >= 0.3 is 0 Å². The normalized spacial score (nSPS) is 12.9. The third kappa shape index (κ3) is 4.82. The van der Waals surface area contributed by atoms with Gasteiger partial charge in [0.1, 0.15) is 5.75 Å². The molecule has 1 atom stereocenters. The Labute approximate surface area is 115 Å². The van der Waals surface area contributed by atoms with Crippen molar-refractivity contribution in [2.45, 2.75) is 19.9 Å². The quantitative estimate of drug-likeness (QED) is 0.785. The van der Waals surface area contributed by atoms with Crippen molar-refractivity contribution < 1.29 is 14.6 Å². The Morgan fingerprint density at radius 2 is 1.74 bits per heavy atom. The van der Waals surface area contributed by atoms with E-state index in [1.54, 1.807) is 20.3 Å². The molecule has 1 N–H and O–H groups in total. The van der Waals surface area contributed by atoms with Crippen molar-refractivity contribution in [3.63, 3.8) is 0 Å². The van der Waals surface area contributed by atoms with Gasteiger partial charge in [-0.3, -0.25) is 4.90 Å². The molecule has 0 saturated carbocycles. The first-order valence-corrected chi connectivity index (χ1v) is 6.61. The zero-order valence-electron chi connectivity index (χ0n) is 12.3. The van der Waals surface area contributed by atoms with Gasteiger partial charge in [-0.05, 0) is 25.5 Å². The minimum absolute atomic E-state index is 0.130. The van der Waals surface area contributed by atoms with Gasteiger partial charge in [0.15, 0.2) is 0 Å². The number of ether oxygens (including phenoxy) is 2. The summed E-state index contributed by atoms with van der Waals surface area (Å²) < 4.78 is 10.3. The van der Waals surface area contributed by atoms with Crippen molar-refractivity contribution >= 4 is 0 Å². The number of benzene rings is 1. The number of hydrogen-bond donors (Lipinski definition) is 1. The summed E-state index contributed by atoms with van der Waals surface area (Å²) in [6, 6.07) is 5.94. The zero-order valence-corrected chi connectivity index (χ0v) is 12.3. The van der Waals surface area contributed by atoms with E-state index in [1.165, 1.54) is 0 Å². The van der Waals surface area contributed by atoms with Crippen molar-refractivity contribution in [1.29, 1.82) is 0 Å². The topological polar surface area (TPSA) is 41.9 Å². The molecule has 0 fully saturated rings. The lowest BCUT2D eigenvalue weighted by Crippen LogP contribution is -2.33. The number of hydrogen-bond acceptors (Lipinski definition) is 4. The monoisotopic (exact) mass is 267 g/mol. The molecular weight excluding hydrogens is 242 g/mol. The average Bonchev–Trinajstić information content (AvgIpc) is 2.38. The van der Waals surface area contributed by atoms with E-state index in [2.05, 4.69) is 11.8 Å². The van der Waals surface area contributed by atoms with Crippen LogP contribution in [0.15, 0.2) is 18.2 Å². The highest BCUT2D eigenvalue weighted by molar-refractivity contribution is 5.37. The summed E-state index contributed by atoms with van der Waals surface area (Å²) in [7, 11) is 3.39. The van der Waals surface area contributed by atoms with Crippen LogP contribution in [0.2, 0.25) is 0 Å². The second-order valence-corrected chi connectivity index (χ2v) is 4.76. The molecule has 0 amide bonds. The van der Waals surface area contributed by atoms with E-state index in [-0.39, 0.29) is 6.04 Å². The maximum Gasteiger partial charge on any atom is 0.120 e. The predicted molar refractivity (Wildman–Crippen MR) is 76.6 cm³/mol. The fraction of sp³-hybridized carbons (Fsp3) is 0.600. The van der Waals surface area contributed by atoms with Gasteiger partial charge < -0.3 is 14.6 Å². The highest BCUT2D eigenvalue weighted by Gasteiger charge is 2.18. The summed E-state index contributed by atoms with van der Waals surface area (Å²) in [6.07, 6.45) is 0. The third-order valence-electron chi connectivity index (χ3n) is 3.35. The van der Waals surface area contributed by atoms with Crippen molar-refractivity contribution in [2.24, 2.45) is 0 Å². The summed E-state index contributed by atoms with van der Waals surface area (Å²) in [4.78, 5) is 2.25. The third-order valence-corrected chi connectivity index (χ3v) is 3.35. The van der Waals surface area contributed by atoms with Gasteiger partial charge in [-0.2, -0.15) is 0 Å². The van der Waals surface area contributed by atoms with E-state index < -0.39 is 0 Å². The SMILES string of the molecule is COCCN(CCOC)C(C)c1ccc(C)cc1O. The van der Waals surface area contributed by atoms with E-state index >= 15 is 0 Å². The van der Waals surface area contributed by atoms with Gasteiger partial charge in [-0.1, -0.05) is 12.1 Å². The Morgan fingerprint density at radius 3 is 2.21 bits per heavy atom. The van der Waals surface area contributed by atoms with Crippen LogP contribution in [0.3, 0.4) is 0 Å². The molecule has 1 aromatic rings. The van der Waals surface area contributed by atoms with Gasteiger partial charge in [0.05, 0.1) is 13.2 Å². The number of nitrogens with zero attached hydrogens (tertiary/aromatic N) is 1. The lowest BCUT2D eigenvalue weighted by Gasteiger charge is -2.29. The van der Waals surface area contributed by atoms with Gasteiger partial charge in [0, 0.05) is 38.9 Å². The molecule has 1 aromatic carbocycles. The van der Waals surface area contributed by atoms with Crippen molar-refractivity contribution in [3.8, 4) is 5.75 Å². The Bertz CT molecular complexity index is 374. The summed E-state index contributed by atoms with van der Waals surface area (Å²) in [5.74, 6) is 0.354. The van der Waals surface area contributed by atoms with E-state index in [1.807, 2.05) is 19.1 Å². The minimum atomic E-state index is 0.130. The maximum atomic E-state index is 10.1. The maximum absolute atomic E-state index is 10.1. The van der Waals surface area contributed by atoms with Crippen LogP contribution in [0.5, 0.6) is 5.75 Å². The van der Waals surface area contributed by atoms with Crippen LogP contribution >= 0.6 is 0 Å². The lowest BCUT2D eigenvalue weighted by molar-refractivity contribution is 0.0912. The molecule has 4 nitrogen and oxygen atoms in total. The first-order valence-electron chi connectivity index (χ1n) is 6.61. The summed E-state index contributed by atoms with van der Waals surface area (Å²) in [5.41, 5.74) is 2.01. The molecule has 1 unspecified atom stereocenters. The summed E-state index contributed by atoms with van der Waals surface area (Å²) in [6.45, 7) is 7.03. The molecule has 0 bridgehead atoms. The second kappa shape index (κ2) is 8.15. The van der Waals surface area contributed by atoms with Crippen LogP contribution in [0.1, 0.15) is 24.1 Å². The number of aryl methyl sites for hydroxylation is 1. The van der Waals surface area contributed by atoms with E-state index in [9.17, 15) is 5.11 Å². The van der Waals surface area contributed by atoms with Crippen LogP contribution in [-0.2, 0) is 9.47 Å². The Balaban J connectivity index is 2.80. The molecule has 19 heavy (non-hydrogen) atoms. The highest BCUT2D eigenvalue weighted by Crippen LogP contribution is 2.28.